The molecule has 1 saturated heterocycles. The van der Waals surface area contributed by atoms with Crippen LogP contribution in [0.25, 0.3) is 17.5 Å². The molecule has 0 saturated carbocycles. The molecule has 32 heavy (non-hydrogen) atoms. The lowest BCUT2D eigenvalue weighted by Gasteiger charge is -2.40. The molecule has 3 aromatic rings. The molecular formula is C22H24ClF2N7. The van der Waals surface area contributed by atoms with E-state index in [0.717, 1.165) is 30.4 Å². The molecule has 1 aromatic carbocycles. The molecule has 3 heterocycles. The predicted octanol–water partition coefficient (Wildman–Crippen LogP) is 3.91. The minimum atomic E-state index is -0.559. The standard InChI is InChI=1S/C22H24ClF2N7/c1-13-12-32(17-9-15(24)8-16(25)10-17)7-6-31(13)5-3-4-18-14(2)29-30-21(18)19-11-20(23)28-22(26)27-19/h3-4,8-11,13H,5-7,12H2,1-2H3,(H,29,30)(H2,26,27,28)/t13-/m0/s1. The van der Waals surface area contributed by atoms with Crippen LogP contribution >= 0.6 is 11.6 Å². The summed E-state index contributed by atoms with van der Waals surface area (Å²) in [5, 5.41) is 7.58. The van der Waals surface area contributed by atoms with E-state index in [1.165, 1.54) is 12.1 Å². The van der Waals surface area contributed by atoms with Crippen LogP contribution < -0.4 is 10.6 Å². The number of nitrogens with two attached hydrogens (primary N) is 1. The van der Waals surface area contributed by atoms with E-state index in [-0.39, 0.29) is 17.1 Å². The second kappa shape index (κ2) is 9.22. The van der Waals surface area contributed by atoms with Crippen molar-refractivity contribution in [1.29, 1.82) is 0 Å². The summed E-state index contributed by atoms with van der Waals surface area (Å²) in [6.45, 7) is 6.92. The highest BCUT2D eigenvalue weighted by atomic mass is 35.5. The number of aromatic nitrogens is 4. The van der Waals surface area contributed by atoms with Gasteiger partial charge < -0.3 is 10.6 Å². The van der Waals surface area contributed by atoms with Crippen molar-refractivity contribution in [2.24, 2.45) is 0 Å². The zero-order chi connectivity index (χ0) is 22.8. The van der Waals surface area contributed by atoms with Crippen molar-refractivity contribution in [2.45, 2.75) is 19.9 Å². The largest absolute Gasteiger partial charge is 0.369 e. The van der Waals surface area contributed by atoms with Gasteiger partial charge in [0.05, 0.1) is 5.69 Å². The summed E-state index contributed by atoms with van der Waals surface area (Å²) >= 11 is 6.02. The first-order valence-corrected chi connectivity index (χ1v) is 10.6. The van der Waals surface area contributed by atoms with Crippen molar-refractivity contribution in [3.63, 3.8) is 0 Å². The Labute approximate surface area is 189 Å². The zero-order valence-electron chi connectivity index (χ0n) is 17.8. The third kappa shape index (κ3) is 4.89. The van der Waals surface area contributed by atoms with Crippen molar-refractivity contribution in [3.05, 3.63) is 58.4 Å². The maximum Gasteiger partial charge on any atom is 0.222 e. The van der Waals surface area contributed by atoms with Gasteiger partial charge in [-0.3, -0.25) is 10.00 Å². The molecule has 1 aliphatic heterocycles. The van der Waals surface area contributed by atoms with Gasteiger partial charge in [-0.2, -0.15) is 5.10 Å². The lowest BCUT2D eigenvalue weighted by Crippen LogP contribution is -2.51. The number of nitrogens with zero attached hydrogens (tertiary/aromatic N) is 5. The number of aromatic amines is 1. The average Bonchev–Trinajstić information content (AvgIpc) is 3.08. The molecule has 0 bridgehead atoms. The third-order valence-corrected chi connectivity index (χ3v) is 5.74. The minimum Gasteiger partial charge on any atom is -0.369 e. The summed E-state index contributed by atoms with van der Waals surface area (Å²) in [7, 11) is 0. The lowest BCUT2D eigenvalue weighted by atomic mass is 10.1. The summed E-state index contributed by atoms with van der Waals surface area (Å²) < 4.78 is 27.1. The number of H-pyrrole nitrogens is 1. The average molecular weight is 460 g/mol. The molecule has 3 N–H and O–H groups in total. The third-order valence-electron chi connectivity index (χ3n) is 5.55. The fourth-order valence-electron chi connectivity index (χ4n) is 3.92. The van der Waals surface area contributed by atoms with Gasteiger partial charge in [-0.15, -0.1) is 0 Å². The molecule has 0 amide bonds. The van der Waals surface area contributed by atoms with Gasteiger partial charge in [-0.25, -0.2) is 18.7 Å². The number of benzene rings is 1. The van der Waals surface area contributed by atoms with Crippen molar-refractivity contribution < 1.29 is 8.78 Å². The summed E-state index contributed by atoms with van der Waals surface area (Å²) in [6, 6.07) is 5.48. The van der Waals surface area contributed by atoms with Crippen molar-refractivity contribution in [1.82, 2.24) is 25.1 Å². The zero-order valence-corrected chi connectivity index (χ0v) is 18.6. The Bertz CT molecular complexity index is 1110. The SMILES string of the molecule is Cc1[nH]nc(-c2cc(Cl)nc(N)n2)c1C=CCN1CCN(c2cc(F)cc(F)c2)C[C@@H]1C. The van der Waals surface area contributed by atoms with Crippen LogP contribution in [0, 0.1) is 18.6 Å². The van der Waals surface area contributed by atoms with Gasteiger partial charge in [0.1, 0.15) is 22.5 Å². The van der Waals surface area contributed by atoms with Gasteiger partial charge in [0, 0.05) is 61.3 Å². The first-order chi connectivity index (χ1) is 15.3. The van der Waals surface area contributed by atoms with E-state index >= 15 is 0 Å². The van der Waals surface area contributed by atoms with Crippen LogP contribution in [-0.2, 0) is 0 Å². The normalized spacial score (nSPS) is 17.4. The van der Waals surface area contributed by atoms with Crippen LogP contribution in [0.4, 0.5) is 20.4 Å². The van der Waals surface area contributed by atoms with E-state index in [2.05, 4.69) is 38.1 Å². The molecule has 10 heteroatoms. The van der Waals surface area contributed by atoms with Crippen LogP contribution in [0.5, 0.6) is 0 Å². The monoisotopic (exact) mass is 459 g/mol. The van der Waals surface area contributed by atoms with Gasteiger partial charge in [0.25, 0.3) is 0 Å². The highest BCUT2D eigenvalue weighted by Gasteiger charge is 2.23. The molecule has 168 valence electrons. The number of nitrogens with one attached hydrogen (secondary N) is 1. The minimum absolute atomic E-state index is 0.0907. The second-order valence-electron chi connectivity index (χ2n) is 7.86. The van der Waals surface area contributed by atoms with Gasteiger partial charge in [0.15, 0.2) is 0 Å². The summed E-state index contributed by atoms with van der Waals surface area (Å²) in [5.41, 5.74) is 9.30. The Morgan fingerprint density at radius 1 is 1.19 bits per heavy atom. The highest BCUT2D eigenvalue weighted by molar-refractivity contribution is 6.29. The second-order valence-corrected chi connectivity index (χ2v) is 8.25. The fraction of sp³-hybridized carbons (Fsp3) is 0.318. The van der Waals surface area contributed by atoms with Gasteiger partial charge in [-0.1, -0.05) is 23.8 Å². The van der Waals surface area contributed by atoms with E-state index in [9.17, 15) is 8.78 Å². The number of hydrogen-bond acceptors (Lipinski definition) is 6. The first kappa shape index (κ1) is 22.2. The number of nitrogen functional groups attached to an aromatic ring is 1. The first-order valence-electron chi connectivity index (χ1n) is 10.3. The molecule has 1 atom stereocenters. The van der Waals surface area contributed by atoms with Crippen molar-refractivity contribution >= 4 is 29.3 Å². The summed E-state index contributed by atoms with van der Waals surface area (Å²) in [5.74, 6) is -1.03. The van der Waals surface area contributed by atoms with E-state index in [0.29, 0.717) is 30.2 Å². The van der Waals surface area contributed by atoms with Crippen molar-refractivity contribution in [2.75, 3.05) is 36.8 Å². The molecular weight excluding hydrogens is 436 g/mol. The quantitative estimate of drug-likeness (QED) is 0.562. The predicted molar refractivity (Wildman–Crippen MR) is 122 cm³/mol. The molecule has 0 aliphatic carbocycles. The topological polar surface area (TPSA) is 87.0 Å². The number of hydrogen-bond donors (Lipinski definition) is 2. The van der Waals surface area contributed by atoms with Crippen LogP contribution in [-0.4, -0.2) is 57.3 Å². The van der Waals surface area contributed by atoms with E-state index in [4.69, 9.17) is 17.3 Å². The van der Waals surface area contributed by atoms with Crippen LogP contribution in [0.15, 0.2) is 30.3 Å². The van der Waals surface area contributed by atoms with E-state index in [1.54, 1.807) is 6.07 Å². The van der Waals surface area contributed by atoms with Gasteiger partial charge >= 0.3 is 0 Å². The fourth-order valence-corrected chi connectivity index (χ4v) is 4.11. The number of anilines is 2. The van der Waals surface area contributed by atoms with Gasteiger partial charge in [-0.05, 0) is 26.0 Å². The van der Waals surface area contributed by atoms with E-state index in [1.807, 2.05) is 17.9 Å². The number of piperazine rings is 1. The van der Waals surface area contributed by atoms with Crippen LogP contribution in [0.1, 0.15) is 18.2 Å². The molecule has 1 fully saturated rings. The smallest absolute Gasteiger partial charge is 0.222 e. The molecule has 0 unspecified atom stereocenters. The summed E-state index contributed by atoms with van der Waals surface area (Å²) in [6.07, 6.45) is 4.07. The van der Waals surface area contributed by atoms with Crippen LogP contribution in [0.3, 0.4) is 0 Å². The number of aryl methyl sites for hydroxylation is 1. The molecule has 0 spiro atoms. The number of halogens is 3. The van der Waals surface area contributed by atoms with Gasteiger partial charge in [0.2, 0.25) is 5.95 Å². The molecule has 4 rings (SSSR count). The summed E-state index contributed by atoms with van der Waals surface area (Å²) in [4.78, 5) is 12.5. The molecule has 7 nitrogen and oxygen atoms in total. The molecule has 1 aliphatic rings. The Hall–Kier alpha value is -3.04. The highest BCUT2D eigenvalue weighted by Crippen LogP contribution is 2.26. The molecule has 0 radical (unpaired) electrons. The van der Waals surface area contributed by atoms with E-state index < -0.39 is 11.6 Å². The van der Waals surface area contributed by atoms with Crippen molar-refractivity contribution in [3.8, 4) is 11.4 Å². The maximum absolute atomic E-state index is 13.6. The lowest BCUT2D eigenvalue weighted by molar-refractivity contribution is 0.210. The Kier molecular flexibility index (Phi) is 6.38. The Morgan fingerprint density at radius 3 is 2.62 bits per heavy atom. The maximum atomic E-state index is 13.6. The Balaban J connectivity index is 1.44. The van der Waals surface area contributed by atoms with Crippen LogP contribution in [0.2, 0.25) is 5.15 Å². The Morgan fingerprint density at radius 2 is 1.94 bits per heavy atom. The molecule has 2 aromatic heterocycles. The number of rotatable bonds is 5.